The van der Waals surface area contributed by atoms with E-state index in [1.807, 2.05) is 0 Å². The molecular formula is C12H24N2O4. The second-order valence-electron chi connectivity index (χ2n) is 3.93. The summed E-state index contributed by atoms with van der Waals surface area (Å²) >= 11 is 0. The number of rotatable bonds is 10. The van der Waals surface area contributed by atoms with E-state index in [0.29, 0.717) is 26.0 Å². The normalized spacial score (nSPS) is 11.9. The lowest BCUT2D eigenvalue weighted by molar-refractivity contribution is -0.143. The molecule has 106 valence electrons. The SMILES string of the molecule is CCOC(=O)CCNCCCC[C@H](N)C(=O)OC. The first kappa shape index (κ1) is 16.9. The Balaban J connectivity index is 3.31. The van der Waals surface area contributed by atoms with Crippen LogP contribution >= 0.6 is 0 Å². The van der Waals surface area contributed by atoms with Crippen LogP contribution in [0.5, 0.6) is 0 Å². The minimum atomic E-state index is -0.533. The predicted molar refractivity (Wildman–Crippen MR) is 68.0 cm³/mol. The molecule has 0 rings (SSSR count). The summed E-state index contributed by atoms with van der Waals surface area (Å²) in [5.41, 5.74) is 5.59. The molecule has 0 unspecified atom stereocenters. The Bertz CT molecular complexity index is 246. The first-order valence-electron chi connectivity index (χ1n) is 6.31. The molecule has 0 saturated carbocycles. The van der Waals surface area contributed by atoms with Crippen molar-refractivity contribution < 1.29 is 19.1 Å². The zero-order chi connectivity index (χ0) is 13.8. The van der Waals surface area contributed by atoms with E-state index in [2.05, 4.69) is 10.1 Å². The van der Waals surface area contributed by atoms with Gasteiger partial charge in [-0.05, 0) is 26.3 Å². The van der Waals surface area contributed by atoms with Gasteiger partial charge in [-0.15, -0.1) is 0 Å². The lowest BCUT2D eigenvalue weighted by Gasteiger charge is -2.09. The zero-order valence-electron chi connectivity index (χ0n) is 11.2. The molecule has 18 heavy (non-hydrogen) atoms. The number of hydrogen-bond donors (Lipinski definition) is 2. The van der Waals surface area contributed by atoms with Crippen LogP contribution < -0.4 is 11.1 Å². The van der Waals surface area contributed by atoms with Crippen molar-refractivity contribution in [1.82, 2.24) is 5.32 Å². The molecule has 0 aromatic rings. The summed E-state index contributed by atoms with van der Waals surface area (Å²) < 4.78 is 9.32. The standard InChI is InChI=1S/C12H24N2O4/c1-3-18-11(15)7-9-14-8-5-4-6-10(13)12(16)17-2/h10,14H,3-9,13H2,1-2H3/t10-/m0/s1. The van der Waals surface area contributed by atoms with E-state index in [4.69, 9.17) is 10.5 Å². The molecule has 6 nitrogen and oxygen atoms in total. The maximum absolute atomic E-state index is 11.0. The van der Waals surface area contributed by atoms with Crippen LogP contribution in [0.4, 0.5) is 0 Å². The summed E-state index contributed by atoms with van der Waals surface area (Å²) in [5, 5.41) is 3.13. The third kappa shape index (κ3) is 8.95. The fourth-order valence-corrected chi connectivity index (χ4v) is 1.43. The number of nitrogens with one attached hydrogen (secondary N) is 1. The predicted octanol–water partition coefficient (Wildman–Crippen LogP) is 0.200. The van der Waals surface area contributed by atoms with Crippen LogP contribution in [-0.2, 0) is 19.1 Å². The van der Waals surface area contributed by atoms with Crippen LogP contribution in [0.15, 0.2) is 0 Å². The molecular weight excluding hydrogens is 236 g/mol. The average molecular weight is 260 g/mol. The van der Waals surface area contributed by atoms with Gasteiger partial charge in [0.25, 0.3) is 0 Å². The number of hydrogen-bond acceptors (Lipinski definition) is 6. The van der Waals surface area contributed by atoms with Crippen molar-refractivity contribution in [3.05, 3.63) is 0 Å². The van der Waals surface area contributed by atoms with Crippen LogP contribution in [0.1, 0.15) is 32.6 Å². The first-order valence-corrected chi connectivity index (χ1v) is 6.31. The molecule has 0 aromatic carbocycles. The van der Waals surface area contributed by atoms with E-state index < -0.39 is 6.04 Å². The van der Waals surface area contributed by atoms with Gasteiger partial charge in [-0.25, -0.2) is 0 Å². The summed E-state index contributed by atoms with van der Waals surface area (Å²) in [6, 6.07) is -0.533. The van der Waals surface area contributed by atoms with Gasteiger partial charge in [0.05, 0.1) is 20.1 Å². The molecule has 3 N–H and O–H groups in total. The summed E-state index contributed by atoms with van der Waals surface area (Å²) in [6.07, 6.45) is 2.76. The van der Waals surface area contributed by atoms with Gasteiger partial charge in [0, 0.05) is 6.54 Å². The minimum absolute atomic E-state index is 0.183. The molecule has 0 radical (unpaired) electrons. The monoisotopic (exact) mass is 260 g/mol. The largest absolute Gasteiger partial charge is 0.468 e. The molecule has 1 atom stereocenters. The number of carbonyl (C=O) groups is 2. The van der Waals surface area contributed by atoms with E-state index in [1.54, 1.807) is 6.92 Å². The van der Waals surface area contributed by atoms with E-state index in [0.717, 1.165) is 19.4 Å². The van der Waals surface area contributed by atoms with Gasteiger partial charge in [0.15, 0.2) is 0 Å². The number of ether oxygens (including phenoxy) is 2. The van der Waals surface area contributed by atoms with Crippen molar-refractivity contribution in [2.24, 2.45) is 5.73 Å². The quantitative estimate of drug-likeness (QED) is 0.431. The highest BCUT2D eigenvalue weighted by molar-refractivity contribution is 5.75. The van der Waals surface area contributed by atoms with Crippen LogP contribution in [0.2, 0.25) is 0 Å². The molecule has 0 aliphatic rings. The fraction of sp³-hybridized carbons (Fsp3) is 0.833. The molecule has 0 amide bonds. The topological polar surface area (TPSA) is 90.6 Å². The van der Waals surface area contributed by atoms with Crippen molar-refractivity contribution in [2.45, 2.75) is 38.6 Å². The molecule has 0 aliphatic carbocycles. The molecule has 0 saturated heterocycles. The molecule has 6 heteroatoms. The lowest BCUT2D eigenvalue weighted by atomic mass is 10.1. The van der Waals surface area contributed by atoms with Gasteiger partial charge >= 0.3 is 11.9 Å². The van der Waals surface area contributed by atoms with E-state index >= 15 is 0 Å². The van der Waals surface area contributed by atoms with Gasteiger partial charge in [-0.3, -0.25) is 9.59 Å². The molecule has 0 fully saturated rings. The number of carbonyl (C=O) groups excluding carboxylic acids is 2. The Morgan fingerprint density at radius 1 is 1.28 bits per heavy atom. The van der Waals surface area contributed by atoms with Crippen LogP contribution in [0, 0.1) is 0 Å². The molecule has 0 aliphatic heterocycles. The first-order chi connectivity index (χ1) is 8.61. The lowest BCUT2D eigenvalue weighted by Crippen LogP contribution is -2.31. The number of nitrogens with two attached hydrogens (primary N) is 1. The third-order valence-corrected chi connectivity index (χ3v) is 2.43. The second kappa shape index (κ2) is 11.0. The van der Waals surface area contributed by atoms with Crippen molar-refractivity contribution in [3.8, 4) is 0 Å². The Labute approximate surface area is 108 Å². The number of unbranched alkanes of at least 4 members (excludes halogenated alkanes) is 1. The molecule has 0 aromatic heterocycles. The van der Waals surface area contributed by atoms with Gasteiger partial charge in [0.2, 0.25) is 0 Å². The Morgan fingerprint density at radius 2 is 2.00 bits per heavy atom. The van der Waals surface area contributed by atoms with E-state index in [1.165, 1.54) is 7.11 Å². The van der Waals surface area contributed by atoms with Crippen LogP contribution in [-0.4, -0.2) is 44.8 Å². The molecule has 0 spiro atoms. The van der Waals surface area contributed by atoms with Crippen LogP contribution in [0.25, 0.3) is 0 Å². The average Bonchev–Trinajstić information content (AvgIpc) is 2.36. The van der Waals surface area contributed by atoms with E-state index in [9.17, 15) is 9.59 Å². The third-order valence-electron chi connectivity index (χ3n) is 2.43. The van der Waals surface area contributed by atoms with Crippen molar-refractivity contribution in [3.63, 3.8) is 0 Å². The molecule has 0 bridgehead atoms. The van der Waals surface area contributed by atoms with Gasteiger partial charge < -0.3 is 20.5 Å². The number of esters is 2. The Kier molecular flexibility index (Phi) is 10.3. The summed E-state index contributed by atoms with van der Waals surface area (Å²) in [7, 11) is 1.33. The van der Waals surface area contributed by atoms with Gasteiger partial charge in [-0.2, -0.15) is 0 Å². The van der Waals surface area contributed by atoms with E-state index in [-0.39, 0.29) is 11.9 Å². The van der Waals surface area contributed by atoms with Gasteiger partial charge in [-0.1, -0.05) is 6.42 Å². The van der Waals surface area contributed by atoms with Gasteiger partial charge in [0.1, 0.15) is 6.04 Å². The van der Waals surface area contributed by atoms with Crippen molar-refractivity contribution >= 4 is 11.9 Å². The highest BCUT2D eigenvalue weighted by Gasteiger charge is 2.12. The maximum atomic E-state index is 11.0. The Morgan fingerprint density at radius 3 is 2.61 bits per heavy atom. The number of methoxy groups -OCH3 is 1. The highest BCUT2D eigenvalue weighted by atomic mass is 16.5. The van der Waals surface area contributed by atoms with Crippen molar-refractivity contribution in [1.29, 1.82) is 0 Å². The minimum Gasteiger partial charge on any atom is -0.468 e. The molecule has 0 heterocycles. The maximum Gasteiger partial charge on any atom is 0.322 e. The smallest absolute Gasteiger partial charge is 0.322 e. The summed E-state index contributed by atoms with van der Waals surface area (Å²) in [4.78, 5) is 22.0. The summed E-state index contributed by atoms with van der Waals surface area (Å²) in [5.74, 6) is -0.553. The Hall–Kier alpha value is -1.14. The van der Waals surface area contributed by atoms with Crippen molar-refractivity contribution in [2.75, 3.05) is 26.8 Å². The highest BCUT2D eigenvalue weighted by Crippen LogP contribution is 1.99. The zero-order valence-corrected chi connectivity index (χ0v) is 11.2. The van der Waals surface area contributed by atoms with Crippen LogP contribution in [0.3, 0.4) is 0 Å². The second-order valence-corrected chi connectivity index (χ2v) is 3.93. The summed E-state index contributed by atoms with van der Waals surface area (Å²) in [6.45, 7) is 3.62. The fourth-order valence-electron chi connectivity index (χ4n) is 1.43.